The molecule has 2 rings (SSSR count). The highest BCUT2D eigenvalue weighted by Crippen LogP contribution is 2.28. The van der Waals surface area contributed by atoms with Crippen LogP contribution in [0.25, 0.3) is 5.69 Å². The Morgan fingerprint density at radius 2 is 1.88 bits per heavy atom. The molecule has 0 spiro atoms. The van der Waals surface area contributed by atoms with E-state index in [9.17, 15) is 4.79 Å². The average molecular weight is 405 g/mol. The first kappa shape index (κ1) is 19.9. The minimum Gasteiger partial charge on any atom is -0.445 e. The van der Waals surface area contributed by atoms with Crippen LogP contribution in [0, 0.1) is 6.92 Å². The number of alkyl halides is 3. The number of amides is 1. The van der Waals surface area contributed by atoms with Crippen LogP contribution in [-0.4, -0.2) is 26.3 Å². The number of carbonyl (C=O) groups excluding carboxylic acids is 1. The van der Waals surface area contributed by atoms with Crippen LogP contribution in [-0.2, 0) is 10.2 Å². The second-order valence-electron chi connectivity index (χ2n) is 6.68. The maximum Gasteiger partial charge on any atom is 0.412 e. The SMILES string of the molecule is Cc1ccccc1-n1nc(C(C)(C)C)cc1NC(=O)OCC(Cl)(Cl)Cl. The summed E-state index contributed by atoms with van der Waals surface area (Å²) in [6.45, 7) is 7.75. The molecule has 1 aromatic heterocycles. The highest BCUT2D eigenvalue weighted by atomic mass is 35.6. The number of aromatic nitrogens is 2. The summed E-state index contributed by atoms with van der Waals surface area (Å²) in [7, 11) is 0. The zero-order valence-corrected chi connectivity index (χ0v) is 16.7. The van der Waals surface area contributed by atoms with Gasteiger partial charge in [0, 0.05) is 11.5 Å². The van der Waals surface area contributed by atoms with Gasteiger partial charge in [-0.2, -0.15) is 5.10 Å². The van der Waals surface area contributed by atoms with Crippen molar-refractivity contribution in [1.29, 1.82) is 0 Å². The molecule has 0 bridgehead atoms. The Labute approximate surface area is 162 Å². The van der Waals surface area contributed by atoms with Crippen molar-refractivity contribution < 1.29 is 9.53 Å². The molecule has 5 nitrogen and oxygen atoms in total. The number of aryl methyl sites for hydroxylation is 1. The van der Waals surface area contributed by atoms with Crippen LogP contribution >= 0.6 is 34.8 Å². The Morgan fingerprint density at radius 1 is 1.24 bits per heavy atom. The molecular formula is C17H20Cl3N3O2. The molecule has 0 radical (unpaired) electrons. The Kier molecular flexibility index (Phi) is 5.92. The minimum absolute atomic E-state index is 0.189. The van der Waals surface area contributed by atoms with Gasteiger partial charge < -0.3 is 4.74 Å². The molecule has 2 aromatic rings. The molecule has 1 heterocycles. The van der Waals surface area contributed by atoms with E-state index in [4.69, 9.17) is 39.5 Å². The van der Waals surface area contributed by atoms with Gasteiger partial charge in [-0.3, -0.25) is 5.32 Å². The fraction of sp³-hybridized carbons (Fsp3) is 0.412. The van der Waals surface area contributed by atoms with E-state index < -0.39 is 9.89 Å². The van der Waals surface area contributed by atoms with Crippen molar-refractivity contribution in [2.45, 2.75) is 36.9 Å². The average Bonchev–Trinajstić information content (AvgIpc) is 2.89. The smallest absolute Gasteiger partial charge is 0.412 e. The van der Waals surface area contributed by atoms with Gasteiger partial charge in [-0.15, -0.1) is 0 Å². The maximum atomic E-state index is 12.0. The molecule has 8 heteroatoms. The number of hydrogen-bond donors (Lipinski definition) is 1. The van der Waals surface area contributed by atoms with Crippen LogP contribution in [0.2, 0.25) is 0 Å². The second-order valence-corrected chi connectivity index (χ2v) is 9.20. The molecule has 0 atom stereocenters. The third-order valence-electron chi connectivity index (χ3n) is 3.42. The lowest BCUT2D eigenvalue weighted by Gasteiger charge is -2.14. The van der Waals surface area contributed by atoms with Crippen LogP contribution < -0.4 is 5.32 Å². The van der Waals surface area contributed by atoms with Crippen molar-refractivity contribution in [3.05, 3.63) is 41.6 Å². The van der Waals surface area contributed by atoms with E-state index in [1.165, 1.54) is 0 Å². The molecule has 0 aliphatic rings. The lowest BCUT2D eigenvalue weighted by atomic mass is 9.92. The standard InChI is InChI=1S/C17H20Cl3N3O2/c1-11-7-5-6-8-12(11)23-14(9-13(22-23)16(2,3)4)21-15(24)25-10-17(18,19)20/h5-9H,10H2,1-4H3,(H,21,24). The van der Waals surface area contributed by atoms with Gasteiger partial charge in [-0.25, -0.2) is 9.48 Å². The topological polar surface area (TPSA) is 56.2 Å². The summed E-state index contributed by atoms with van der Waals surface area (Å²) in [4.78, 5) is 12.0. The largest absolute Gasteiger partial charge is 0.445 e. The lowest BCUT2D eigenvalue weighted by molar-refractivity contribution is 0.163. The van der Waals surface area contributed by atoms with Crippen molar-refractivity contribution in [1.82, 2.24) is 9.78 Å². The van der Waals surface area contributed by atoms with Gasteiger partial charge in [0.1, 0.15) is 12.4 Å². The molecule has 0 aliphatic carbocycles. The number of hydrogen-bond acceptors (Lipinski definition) is 3. The maximum absolute atomic E-state index is 12.0. The number of nitrogens with one attached hydrogen (secondary N) is 1. The number of rotatable bonds is 3. The molecular weight excluding hydrogens is 385 g/mol. The van der Waals surface area contributed by atoms with Crippen LogP contribution in [0.1, 0.15) is 32.0 Å². The molecule has 136 valence electrons. The summed E-state index contributed by atoms with van der Waals surface area (Å²) in [6, 6.07) is 9.55. The van der Waals surface area contributed by atoms with Crippen LogP contribution in [0.4, 0.5) is 10.6 Å². The number of benzene rings is 1. The monoisotopic (exact) mass is 403 g/mol. The van der Waals surface area contributed by atoms with Gasteiger partial charge in [0.05, 0.1) is 11.4 Å². The number of nitrogens with zero attached hydrogens (tertiary/aromatic N) is 2. The molecule has 1 aromatic carbocycles. The molecule has 25 heavy (non-hydrogen) atoms. The lowest BCUT2D eigenvalue weighted by Crippen LogP contribution is -2.22. The summed E-state index contributed by atoms with van der Waals surface area (Å²) < 4.78 is 4.95. The Morgan fingerprint density at radius 3 is 2.44 bits per heavy atom. The van der Waals surface area contributed by atoms with Gasteiger partial charge >= 0.3 is 6.09 Å². The van der Waals surface area contributed by atoms with E-state index in [2.05, 4.69) is 10.4 Å². The zero-order valence-electron chi connectivity index (χ0n) is 14.4. The van der Waals surface area contributed by atoms with E-state index >= 15 is 0 Å². The number of anilines is 1. The van der Waals surface area contributed by atoms with Crippen molar-refractivity contribution in [2.24, 2.45) is 0 Å². The highest BCUT2D eigenvalue weighted by Gasteiger charge is 2.24. The van der Waals surface area contributed by atoms with E-state index in [1.807, 2.05) is 58.0 Å². The number of para-hydroxylation sites is 1. The molecule has 0 fully saturated rings. The van der Waals surface area contributed by atoms with Gasteiger partial charge in [0.15, 0.2) is 0 Å². The third-order valence-corrected chi connectivity index (χ3v) is 3.75. The Bertz CT molecular complexity index is 761. The molecule has 0 unspecified atom stereocenters. The molecule has 0 saturated heterocycles. The predicted octanol–water partition coefficient (Wildman–Crippen LogP) is 5.40. The van der Waals surface area contributed by atoms with E-state index in [0.29, 0.717) is 5.82 Å². The quantitative estimate of drug-likeness (QED) is 0.697. The number of carbonyl (C=O) groups is 1. The third kappa shape index (κ3) is 5.53. The van der Waals surface area contributed by atoms with Crippen LogP contribution in [0.3, 0.4) is 0 Å². The van der Waals surface area contributed by atoms with E-state index in [1.54, 1.807) is 4.68 Å². The predicted molar refractivity (Wildman–Crippen MR) is 102 cm³/mol. The molecule has 1 N–H and O–H groups in total. The fourth-order valence-corrected chi connectivity index (χ4v) is 2.27. The normalized spacial score (nSPS) is 12.1. The first-order valence-corrected chi connectivity index (χ1v) is 8.78. The summed E-state index contributed by atoms with van der Waals surface area (Å²) in [5.74, 6) is 0.480. The summed E-state index contributed by atoms with van der Waals surface area (Å²) in [6.07, 6.45) is -0.721. The summed E-state index contributed by atoms with van der Waals surface area (Å²) >= 11 is 16.8. The van der Waals surface area contributed by atoms with Gasteiger partial charge in [0.2, 0.25) is 3.79 Å². The first-order chi connectivity index (χ1) is 11.5. The van der Waals surface area contributed by atoms with Gasteiger partial charge in [0.25, 0.3) is 0 Å². The van der Waals surface area contributed by atoms with Gasteiger partial charge in [-0.05, 0) is 18.6 Å². The van der Waals surface area contributed by atoms with Crippen LogP contribution in [0.5, 0.6) is 0 Å². The zero-order chi connectivity index (χ0) is 18.8. The minimum atomic E-state index is -1.66. The van der Waals surface area contributed by atoms with Crippen molar-refractivity contribution in [3.63, 3.8) is 0 Å². The highest BCUT2D eigenvalue weighted by molar-refractivity contribution is 6.67. The molecule has 1 amide bonds. The van der Waals surface area contributed by atoms with E-state index in [-0.39, 0.29) is 12.0 Å². The van der Waals surface area contributed by atoms with Gasteiger partial charge in [-0.1, -0.05) is 73.8 Å². The Balaban J connectivity index is 2.34. The van der Waals surface area contributed by atoms with Crippen LogP contribution in [0.15, 0.2) is 30.3 Å². The van der Waals surface area contributed by atoms with Crippen molar-refractivity contribution in [3.8, 4) is 5.69 Å². The fourth-order valence-electron chi connectivity index (χ4n) is 2.11. The summed E-state index contributed by atoms with van der Waals surface area (Å²) in [5.41, 5.74) is 2.51. The molecule has 0 saturated carbocycles. The van der Waals surface area contributed by atoms with E-state index in [0.717, 1.165) is 16.9 Å². The number of halogens is 3. The Hall–Kier alpha value is -1.43. The first-order valence-electron chi connectivity index (χ1n) is 7.64. The molecule has 0 aliphatic heterocycles. The van der Waals surface area contributed by atoms with Crippen molar-refractivity contribution in [2.75, 3.05) is 11.9 Å². The second kappa shape index (κ2) is 7.44. The number of ether oxygens (including phenoxy) is 1. The summed E-state index contributed by atoms with van der Waals surface area (Å²) in [5, 5.41) is 7.31. The van der Waals surface area contributed by atoms with Crippen molar-refractivity contribution >= 4 is 46.7 Å².